The topological polar surface area (TPSA) is 64.6 Å². The SMILES string of the molecule is COc1ccc([C@@H](CC(C)C)NS(=O)(=O)c2ccc(OC)c(Cl)c2)cc1. The van der Waals surface area contributed by atoms with E-state index in [4.69, 9.17) is 21.1 Å². The molecule has 7 heteroatoms. The Hall–Kier alpha value is -1.76. The summed E-state index contributed by atoms with van der Waals surface area (Å²) < 4.78 is 38.7. The molecular formula is C19H24ClNO4S. The zero-order chi connectivity index (χ0) is 19.3. The number of rotatable bonds is 8. The van der Waals surface area contributed by atoms with Gasteiger partial charge in [0.25, 0.3) is 0 Å². The summed E-state index contributed by atoms with van der Waals surface area (Å²) in [6.45, 7) is 4.10. The van der Waals surface area contributed by atoms with E-state index in [1.807, 2.05) is 24.3 Å². The third-order valence-corrected chi connectivity index (χ3v) is 5.72. The van der Waals surface area contributed by atoms with Gasteiger partial charge in [0.15, 0.2) is 0 Å². The number of halogens is 1. The normalized spacial score (nSPS) is 12.8. The zero-order valence-corrected chi connectivity index (χ0v) is 16.9. The van der Waals surface area contributed by atoms with Gasteiger partial charge in [-0.25, -0.2) is 13.1 Å². The monoisotopic (exact) mass is 397 g/mol. The van der Waals surface area contributed by atoms with Gasteiger partial charge >= 0.3 is 0 Å². The fourth-order valence-corrected chi connectivity index (χ4v) is 4.21. The average Bonchev–Trinajstić information content (AvgIpc) is 2.60. The highest BCUT2D eigenvalue weighted by atomic mass is 35.5. The lowest BCUT2D eigenvalue weighted by atomic mass is 9.98. The summed E-state index contributed by atoms with van der Waals surface area (Å²) in [4.78, 5) is 0.102. The molecule has 2 rings (SSSR count). The van der Waals surface area contributed by atoms with E-state index < -0.39 is 10.0 Å². The third kappa shape index (κ3) is 5.13. The fraction of sp³-hybridized carbons (Fsp3) is 0.368. The van der Waals surface area contributed by atoms with Gasteiger partial charge in [0.2, 0.25) is 10.0 Å². The van der Waals surface area contributed by atoms with Gasteiger partial charge in [-0.1, -0.05) is 37.6 Å². The molecule has 2 aromatic rings. The van der Waals surface area contributed by atoms with Crippen LogP contribution in [0.25, 0.3) is 0 Å². The molecule has 0 spiro atoms. The van der Waals surface area contributed by atoms with Crippen LogP contribution in [-0.4, -0.2) is 22.6 Å². The van der Waals surface area contributed by atoms with Crippen LogP contribution in [0.1, 0.15) is 31.9 Å². The molecule has 5 nitrogen and oxygen atoms in total. The molecule has 2 aromatic carbocycles. The molecule has 1 N–H and O–H groups in total. The molecule has 0 aliphatic rings. The lowest BCUT2D eigenvalue weighted by molar-refractivity contribution is 0.414. The summed E-state index contributed by atoms with van der Waals surface area (Å²) in [6.07, 6.45) is 0.662. The maximum atomic E-state index is 12.8. The van der Waals surface area contributed by atoms with Crippen LogP contribution in [0.5, 0.6) is 11.5 Å². The Kier molecular flexibility index (Phi) is 6.92. The molecule has 0 radical (unpaired) electrons. The zero-order valence-electron chi connectivity index (χ0n) is 15.3. The molecule has 0 fully saturated rings. The number of methoxy groups -OCH3 is 2. The predicted molar refractivity (Wildman–Crippen MR) is 104 cm³/mol. The number of ether oxygens (including phenoxy) is 2. The highest BCUT2D eigenvalue weighted by molar-refractivity contribution is 7.89. The van der Waals surface area contributed by atoms with Crippen LogP contribution in [0.2, 0.25) is 5.02 Å². The van der Waals surface area contributed by atoms with Gasteiger partial charge in [0.1, 0.15) is 11.5 Å². The molecule has 0 aliphatic heterocycles. The first-order valence-corrected chi connectivity index (χ1v) is 10.1. The van der Waals surface area contributed by atoms with Gasteiger partial charge in [0, 0.05) is 6.04 Å². The second kappa shape index (κ2) is 8.75. The van der Waals surface area contributed by atoms with E-state index in [9.17, 15) is 8.42 Å². The minimum Gasteiger partial charge on any atom is -0.497 e. The van der Waals surface area contributed by atoms with Crippen molar-refractivity contribution in [1.82, 2.24) is 4.72 Å². The molecule has 26 heavy (non-hydrogen) atoms. The van der Waals surface area contributed by atoms with Crippen molar-refractivity contribution in [2.75, 3.05) is 14.2 Å². The Morgan fingerprint density at radius 2 is 1.69 bits per heavy atom. The van der Waals surface area contributed by atoms with Gasteiger partial charge in [-0.3, -0.25) is 0 Å². The fourth-order valence-electron chi connectivity index (χ4n) is 2.63. The molecule has 0 bridgehead atoms. The van der Waals surface area contributed by atoms with Crippen molar-refractivity contribution in [1.29, 1.82) is 0 Å². The van der Waals surface area contributed by atoms with Crippen LogP contribution in [0.15, 0.2) is 47.4 Å². The van der Waals surface area contributed by atoms with E-state index in [-0.39, 0.29) is 16.0 Å². The Morgan fingerprint density at radius 3 is 2.19 bits per heavy atom. The van der Waals surface area contributed by atoms with E-state index >= 15 is 0 Å². The van der Waals surface area contributed by atoms with E-state index in [2.05, 4.69) is 18.6 Å². The molecule has 0 saturated carbocycles. The molecule has 142 valence electrons. The van der Waals surface area contributed by atoms with E-state index in [0.29, 0.717) is 18.1 Å². The molecule has 0 heterocycles. The molecule has 0 unspecified atom stereocenters. The Labute approximate surface area is 160 Å². The van der Waals surface area contributed by atoms with Gasteiger partial charge in [-0.15, -0.1) is 0 Å². The van der Waals surface area contributed by atoms with Crippen molar-refractivity contribution >= 4 is 21.6 Å². The smallest absolute Gasteiger partial charge is 0.241 e. The van der Waals surface area contributed by atoms with Crippen molar-refractivity contribution < 1.29 is 17.9 Å². The lowest BCUT2D eigenvalue weighted by Gasteiger charge is -2.21. The van der Waals surface area contributed by atoms with Gasteiger partial charge in [-0.05, 0) is 48.2 Å². The summed E-state index contributed by atoms with van der Waals surface area (Å²) in [6, 6.07) is 11.4. The quantitative estimate of drug-likeness (QED) is 0.715. The lowest BCUT2D eigenvalue weighted by Crippen LogP contribution is -2.29. The highest BCUT2D eigenvalue weighted by Gasteiger charge is 2.23. The first-order valence-electron chi connectivity index (χ1n) is 8.26. The van der Waals surface area contributed by atoms with Crippen molar-refractivity contribution in [3.05, 3.63) is 53.1 Å². The minimum absolute atomic E-state index is 0.102. The van der Waals surface area contributed by atoms with Crippen LogP contribution < -0.4 is 14.2 Å². The van der Waals surface area contributed by atoms with Crippen molar-refractivity contribution in [2.45, 2.75) is 31.2 Å². The molecule has 1 atom stereocenters. The minimum atomic E-state index is -3.74. The summed E-state index contributed by atoms with van der Waals surface area (Å²) in [7, 11) is -0.662. The van der Waals surface area contributed by atoms with Crippen molar-refractivity contribution in [2.24, 2.45) is 5.92 Å². The number of hydrogen-bond acceptors (Lipinski definition) is 4. The number of sulfonamides is 1. The Bertz CT molecular complexity index is 835. The van der Waals surface area contributed by atoms with E-state index in [1.165, 1.54) is 19.2 Å². The molecule has 0 aromatic heterocycles. The third-order valence-electron chi connectivity index (χ3n) is 3.96. The Morgan fingerprint density at radius 1 is 1.04 bits per heavy atom. The van der Waals surface area contributed by atoms with Crippen LogP contribution in [0, 0.1) is 5.92 Å². The van der Waals surface area contributed by atoms with Crippen molar-refractivity contribution in [3.8, 4) is 11.5 Å². The largest absolute Gasteiger partial charge is 0.497 e. The summed E-state index contributed by atoms with van der Waals surface area (Å²) in [5.74, 6) is 1.46. The first-order chi connectivity index (χ1) is 12.3. The maximum Gasteiger partial charge on any atom is 0.241 e. The molecular weight excluding hydrogens is 374 g/mol. The number of nitrogens with one attached hydrogen (secondary N) is 1. The summed E-state index contributed by atoms with van der Waals surface area (Å²) in [5, 5.41) is 0.250. The van der Waals surface area contributed by atoms with E-state index in [1.54, 1.807) is 13.2 Å². The van der Waals surface area contributed by atoms with Crippen molar-refractivity contribution in [3.63, 3.8) is 0 Å². The summed E-state index contributed by atoms with van der Waals surface area (Å²) >= 11 is 6.08. The van der Waals surface area contributed by atoms with E-state index in [0.717, 1.165) is 11.3 Å². The molecule has 0 aliphatic carbocycles. The van der Waals surface area contributed by atoms with Gasteiger partial charge in [-0.2, -0.15) is 0 Å². The van der Waals surface area contributed by atoms with Crippen LogP contribution in [0.3, 0.4) is 0 Å². The second-order valence-corrected chi connectivity index (χ2v) is 8.49. The van der Waals surface area contributed by atoms with Crippen LogP contribution in [0.4, 0.5) is 0 Å². The van der Waals surface area contributed by atoms with Crippen LogP contribution >= 0.6 is 11.6 Å². The standard InChI is InChI=1S/C19H24ClNO4S/c1-13(2)11-18(14-5-7-15(24-3)8-6-14)21-26(22,23)16-9-10-19(25-4)17(20)12-16/h5-10,12-13,18,21H,11H2,1-4H3/t18-/m1/s1. The summed E-state index contributed by atoms with van der Waals surface area (Å²) in [5.41, 5.74) is 0.877. The number of hydrogen-bond donors (Lipinski definition) is 1. The molecule has 0 saturated heterocycles. The maximum absolute atomic E-state index is 12.8. The second-order valence-electron chi connectivity index (χ2n) is 6.37. The van der Waals surface area contributed by atoms with Gasteiger partial charge < -0.3 is 9.47 Å². The highest BCUT2D eigenvalue weighted by Crippen LogP contribution is 2.29. The Balaban J connectivity index is 2.32. The van der Waals surface area contributed by atoms with Crippen LogP contribution in [-0.2, 0) is 10.0 Å². The molecule has 0 amide bonds. The van der Waals surface area contributed by atoms with Gasteiger partial charge in [0.05, 0.1) is 24.1 Å². The number of benzene rings is 2. The first kappa shape index (κ1) is 20.6. The average molecular weight is 398 g/mol. The predicted octanol–water partition coefficient (Wildman–Crippen LogP) is 4.42.